The maximum absolute atomic E-state index is 9.28. The molecule has 0 radical (unpaired) electrons. The number of aryl methyl sites for hydroxylation is 1. The molecule has 2 rings (SSSR count). The zero-order chi connectivity index (χ0) is 12.3. The van der Waals surface area contributed by atoms with E-state index in [2.05, 4.69) is 15.3 Å². The van der Waals surface area contributed by atoms with Gasteiger partial charge in [-0.2, -0.15) is 0 Å². The van der Waals surface area contributed by atoms with Crippen molar-refractivity contribution in [3.63, 3.8) is 0 Å². The molecule has 94 valence electrons. The molecule has 5 heteroatoms. The van der Waals surface area contributed by atoms with Crippen molar-refractivity contribution in [3.05, 3.63) is 17.6 Å². The maximum Gasteiger partial charge on any atom is 0.133 e. The minimum Gasteiger partial charge on any atom is -0.394 e. The van der Waals surface area contributed by atoms with Gasteiger partial charge in [-0.1, -0.05) is 0 Å². The van der Waals surface area contributed by atoms with Gasteiger partial charge < -0.3 is 15.5 Å². The number of hydrogen-bond donors (Lipinski definition) is 3. The molecule has 0 aliphatic heterocycles. The number of aliphatic hydroxyl groups is 2. The zero-order valence-corrected chi connectivity index (χ0v) is 10.1. The van der Waals surface area contributed by atoms with E-state index in [0.717, 1.165) is 36.3 Å². The smallest absolute Gasteiger partial charge is 0.133 e. The first kappa shape index (κ1) is 12.3. The van der Waals surface area contributed by atoms with Gasteiger partial charge in [-0.25, -0.2) is 9.97 Å². The highest BCUT2D eigenvalue weighted by Crippen LogP contribution is 2.26. The summed E-state index contributed by atoms with van der Waals surface area (Å²) in [7, 11) is 0. The summed E-state index contributed by atoms with van der Waals surface area (Å²) in [5.41, 5.74) is 1.48. The SMILES string of the molecule is CC(CO)(CO)Nc1ncnc2c1CCCC2. The van der Waals surface area contributed by atoms with Crippen LogP contribution in [0.15, 0.2) is 6.33 Å². The second kappa shape index (κ2) is 4.98. The lowest BCUT2D eigenvalue weighted by atomic mass is 9.95. The van der Waals surface area contributed by atoms with Crippen molar-refractivity contribution in [2.45, 2.75) is 38.1 Å². The lowest BCUT2D eigenvalue weighted by Gasteiger charge is -2.29. The van der Waals surface area contributed by atoms with Gasteiger partial charge in [0, 0.05) is 11.3 Å². The largest absolute Gasteiger partial charge is 0.394 e. The Hall–Kier alpha value is -1.20. The van der Waals surface area contributed by atoms with Crippen LogP contribution < -0.4 is 5.32 Å². The summed E-state index contributed by atoms with van der Waals surface area (Å²) in [4.78, 5) is 8.51. The molecule has 17 heavy (non-hydrogen) atoms. The number of nitrogens with zero attached hydrogens (tertiary/aromatic N) is 2. The third-order valence-electron chi connectivity index (χ3n) is 3.24. The number of nitrogens with one attached hydrogen (secondary N) is 1. The van der Waals surface area contributed by atoms with Gasteiger partial charge >= 0.3 is 0 Å². The van der Waals surface area contributed by atoms with Crippen LogP contribution >= 0.6 is 0 Å². The molecule has 0 spiro atoms. The fourth-order valence-corrected chi connectivity index (χ4v) is 2.04. The maximum atomic E-state index is 9.28. The molecule has 0 unspecified atom stereocenters. The predicted octanol–water partition coefficient (Wildman–Crippen LogP) is 0.511. The van der Waals surface area contributed by atoms with E-state index in [-0.39, 0.29) is 13.2 Å². The molecule has 3 N–H and O–H groups in total. The Morgan fingerprint density at radius 3 is 2.65 bits per heavy atom. The van der Waals surface area contributed by atoms with Crippen LogP contribution in [0, 0.1) is 0 Å². The van der Waals surface area contributed by atoms with Gasteiger partial charge in [0.1, 0.15) is 12.1 Å². The summed E-state index contributed by atoms with van der Waals surface area (Å²) in [5, 5.41) is 21.7. The molecule has 0 amide bonds. The summed E-state index contributed by atoms with van der Waals surface area (Å²) in [6.45, 7) is 1.49. The topological polar surface area (TPSA) is 78.3 Å². The molecule has 0 atom stereocenters. The van der Waals surface area contributed by atoms with Crippen LogP contribution in [0.1, 0.15) is 31.0 Å². The molecule has 0 aromatic carbocycles. The lowest BCUT2D eigenvalue weighted by Crippen LogP contribution is -2.43. The lowest BCUT2D eigenvalue weighted by molar-refractivity contribution is 0.147. The van der Waals surface area contributed by atoms with E-state index in [1.165, 1.54) is 6.42 Å². The number of hydrogen-bond acceptors (Lipinski definition) is 5. The van der Waals surface area contributed by atoms with E-state index < -0.39 is 5.54 Å². The van der Waals surface area contributed by atoms with Crippen LogP contribution in [-0.2, 0) is 12.8 Å². The molecule has 1 aliphatic carbocycles. The zero-order valence-electron chi connectivity index (χ0n) is 10.1. The molecule has 1 aromatic heterocycles. The van der Waals surface area contributed by atoms with E-state index in [9.17, 15) is 10.2 Å². The summed E-state index contributed by atoms with van der Waals surface area (Å²) in [6, 6.07) is 0. The van der Waals surface area contributed by atoms with Crippen LogP contribution in [0.3, 0.4) is 0 Å². The molecule has 0 fully saturated rings. The second-order valence-electron chi connectivity index (χ2n) is 4.86. The van der Waals surface area contributed by atoms with Gasteiger partial charge in [0.15, 0.2) is 0 Å². The van der Waals surface area contributed by atoms with E-state index in [1.807, 2.05) is 0 Å². The van der Waals surface area contributed by atoms with Crippen LogP contribution in [0.4, 0.5) is 5.82 Å². The number of rotatable bonds is 4. The Kier molecular flexibility index (Phi) is 3.59. The van der Waals surface area contributed by atoms with E-state index >= 15 is 0 Å². The molecular formula is C12H19N3O2. The van der Waals surface area contributed by atoms with Crippen molar-refractivity contribution in [1.29, 1.82) is 0 Å². The number of anilines is 1. The van der Waals surface area contributed by atoms with Crippen molar-refractivity contribution in [2.75, 3.05) is 18.5 Å². The van der Waals surface area contributed by atoms with Gasteiger partial charge in [0.05, 0.1) is 18.8 Å². The Labute approximate surface area is 101 Å². The first-order chi connectivity index (χ1) is 8.18. The molecule has 0 bridgehead atoms. The van der Waals surface area contributed by atoms with Crippen LogP contribution in [0.25, 0.3) is 0 Å². The fraction of sp³-hybridized carbons (Fsp3) is 0.667. The molecule has 5 nitrogen and oxygen atoms in total. The quantitative estimate of drug-likeness (QED) is 0.711. The van der Waals surface area contributed by atoms with Gasteiger partial charge in [-0.05, 0) is 32.6 Å². The van der Waals surface area contributed by atoms with Gasteiger partial charge in [-0.3, -0.25) is 0 Å². The Bertz CT molecular complexity index is 391. The highest BCUT2D eigenvalue weighted by molar-refractivity contribution is 5.48. The number of fused-ring (bicyclic) bond motifs is 1. The molecule has 0 saturated carbocycles. The monoisotopic (exact) mass is 237 g/mol. The standard InChI is InChI=1S/C12H19N3O2/c1-12(6-16,7-17)15-11-9-4-2-3-5-10(9)13-8-14-11/h8,16-17H,2-7H2,1H3,(H,13,14,15). The van der Waals surface area contributed by atoms with Crippen LogP contribution in [-0.4, -0.2) is 38.9 Å². The van der Waals surface area contributed by atoms with Crippen molar-refractivity contribution < 1.29 is 10.2 Å². The van der Waals surface area contributed by atoms with Gasteiger partial charge in [0.25, 0.3) is 0 Å². The van der Waals surface area contributed by atoms with E-state index in [1.54, 1.807) is 13.3 Å². The minimum absolute atomic E-state index is 0.137. The molecular weight excluding hydrogens is 218 g/mol. The third kappa shape index (κ3) is 2.56. The summed E-state index contributed by atoms with van der Waals surface area (Å²) in [5.74, 6) is 0.750. The van der Waals surface area contributed by atoms with Crippen molar-refractivity contribution in [2.24, 2.45) is 0 Å². The average Bonchev–Trinajstić information content (AvgIpc) is 2.39. The molecule has 1 aromatic rings. The Morgan fingerprint density at radius 1 is 1.24 bits per heavy atom. The highest BCUT2D eigenvalue weighted by atomic mass is 16.3. The summed E-state index contributed by atoms with van der Waals surface area (Å²) in [6.07, 6.45) is 5.80. The molecule has 1 aliphatic rings. The van der Waals surface area contributed by atoms with Gasteiger partial charge in [-0.15, -0.1) is 0 Å². The van der Waals surface area contributed by atoms with Crippen molar-refractivity contribution in [3.8, 4) is 0 Å². The van der Waals surface area contributed by atoms with Crippen molar-refractivity contribution >= 4 is 5.82 Å². The van der Waals surface area contributed by atoms with Crippen LogP contribution in [0.5, 0.6) is 0 Å². The Balaban J connectivity index is 2.27. The fourth-order valence-electron chi connectivity index (χ4n) is 2.04. The van der Waals surface area contributed by atoms with E-state index in [0.29, 0.717) is 0 Å². The molecule has 1 heterocycles. The number of aliphatic hydroxyl groups excluding tert-OH is 2. The summed E-state index contributed by atoms with van der Waals surface area (Å²) < 4.78 is 0. The first-order valence-corrected chi connectivity index (χ1v) is 6.01. The average molecular weight is 237 g/mol. The highest BCUT2D eigenvalue weighted by Gasteiger charge is 2.25. The van der Waals surface area contributed by atoms with Crippen LogP contribution in [0.2, 0.25) is 0 Å². The Morgan fingerprint density at radius 2 is 1.94 bits per heavy atom. The molecule has 0 saturated heterocycles. The van der Waals surface area contributed by atoms with E-state index in [4.69, 9.17) is 0 Å². The number of aromatic nitrogens is 2. The van der Waals surface area contributed by atoms with Crippen molar-refractivity contribution in [1.82, 2.24) is 9.97 Å². The summed E-state index contributed by atoms with van der Waals surface area (Å²) >= 11 is 0. The van der Waals surface area contributed by atoms with Gasteiger partial charge in [0.2, 0.25) is 0 Å². The predicted molar refractivity (Wildman–Crippen MR) is 64.9 cm³/mol. The second-order valence-corrected chi connectivity index (χ2v) is 4.86. The minimum atomic E-state index is -0.737. The third-order valence-corrected chi connectivity index (χ3v) is 3.24. The normalized spacial score (nSPS) is 15.5. The first-order valence-electron chi connectivity index (χ1n) is 6.01.